The Morgan fingerprint density at radius 3 is 2.81 bits per heavy atom. The Morgan fingerprint density at radius 2 is 2.05 bits per heavy atom. The summed E-state index contributed by atoms with van der Waals surface area (Å²) in [6.07, 6.45) is 1.49. The number of rotatable bonds is 5. The molecule has 0 aliphatic rings. The maximum absolute atomic E-state index is 10.9. The van der Waals surface area contributed by atoms with E-state index in [-0.39, 0.29) is 29.8 Å². The number of nitro benzene ring substituents is 1. The third kappa shape index (κ3) is 2.73. The summed E-state index contributed by atoms with van der Waals surface area (Å²) in [4.78, 5) is 10.3. The summed E-state index contributed by atoms with van der Waals surface area (Å²) in [7, 11) is 0. The first-order valence-electron chi connectivity index (χ1n) is 5.96. The predicted molar refractivity (Wildman–Crippen MR) is 69.4 cm³/mol. The number of hydrogen-bond acceptors (Lipinski definition) is 7. The molecule has 2 heterocycles. The molecular formula is C13H9N3O5. The molecule has 21 heavy (non-hydrogen) atoms. The molecule has 1 aromatic carbocycles. The fourth-order valence-corrected chi connectivity index (χ4v) is 1.68. The molecule has 0 saturated carbocycles. The number of ether oxygens (including phenoxy) is 1. The van der Waals surface area contributed by atoms with Gasteiger partial charge in [0.25, 0.3) is 11.8 Å². The van der Waals surface area contributed by atoms with E-state index in [1.807, 2.05) is 0 Å². The molecule has 106 valence electrons. The Bertz CT molecular complexity index is 751. The maximum Gasteiger partial charge on any atom is 0.310 e. The molecule has 3 rings (SSSR count). The van der Waals surface area contributed by atoms with Gasteiger partial charge in [-0.15, -0.1) is 10.2 Å². The highest BCUT2D eigenvalue weighted by molar-refractivity contribution is 5.45. The van der Waals surface area contributed by atoms with Crippen LogP contribution in [0, 0.1) is 10.1 Å². The third-order valence-electron chi connectivity index (χ3n) is 2.61. The Kier molecular flexibility index (Phi) is 3.34. The average molecular weight is 287 g/mol. The van der Waals surface area contributed by atoms with E-state index in [4.69, 9.17) is 13.6 Å². The SMILES string of the molecule is O=[N+]([O-])c1ccccc1OCc1nnc(-c2ccco2)o1. The van der Waals surface area contributed by atoms with Crippen molar-refractivity contribution in [2.75, 3.05) is 0 Å². The van der Waals surface area contributed by atoms with Gasteiger partial charge < -0.3 is 13.6 Å². The van der Waals surface area contributed by atoms with Crippen LogP contribution in [-0.2, 0) is 6.61 Å². The zero-order chi connectivity index (χ0) is 14.7. The van der Waals surface area contributed by atoms with E-state index in [1.165, 1.54) is 18.4 Å². The van der Waals surface area contributed by atoms with Crippen LogP contribution < -0.4 is 4.74 Å². The number of para-hydroxylation sites is 2. The molecule has 0 spiro atoms. The van der Waals surface area contributed by atoms with Crippen molar-refractivity contribution in [3.63, 3.8) is 0 Å². The van der Waals surface area contributed by atoms with Crippen molar-refractivity contribution < 1.29 is 18.5 Å². The van der Waals surface area contributed by atoms with Crippen molar-refractivity contribution in [2.45, 2.75) is 6.61 Å². The molecule has 0 atom stereocenters. The maximum atomic E-state index is 10.9. The standard InChI is InChI=1S/C13H9N3O5/c17-16(18)9-4-1-2-5-10(9)20-8-12-14-15-13(21-12)11-6-3-7-19-11/h1-7H,8H2. The largest absolute Gasteiger partial charge is 0.477 e. The van der Waals surface area contributed by atoms with Gasteiger partial charge in [0.05, 0.1) is 11.2 Å². The summed E-state index contributed by atoms with van der Waals surface area (Å²) in [6.45, 7) is -0.0709. The second-order valence-electron chi connectivity index (χ2n) is 3.99. The molecule has 3 aromatic rings. The van der Waals surface area contributed by atoms with Crippen LogP contribution in [0.5, 0.6) is 5.75 Å². The van der Waals surface area contributed by atoms with E-state index in [0.717, 1.165) is 0 Å². The van der Waals surface area contributed by atoms with Crippen LogP contribution in [0.15, 0.2) is 51.5 Å². The summed E-state index contributed by atoms with van der Waals surface area (Å²) in [5, 5.41) is 18.4. The highest BCUT2D eigenvalue weighted by Gasteiger charge is 2.16. The number of nitro groups is 1. The fourth-order valence-electron chi connectivity index (χ4n) is 1.68. The zero-order valence-corrected chi connectivity index (χ0v) is 10.6. The van der Waals surface area contributed by atoms with Gasteiger partial charge >= 0.3 is 5.69 Å². The second kappa shape index (κ2) is 5.45. The molecule has 0 bridgehead atoms. The van der Waals surface area contributed by atoms with Crippen LogP contribution in [0.1, 0.15) is 5.89 Å². The van der Waals surface area contributed by atoms with E-state index in [2.05, 4.69) is 10.2 Å². The van der Waals surface area contributed by atoms with Crippen LogP contribution >= 0.6 is 0 Å². The van der Waals surface area contributed by atoms with Gasteiger partial charge in [-0.25, -0.2) is 0 Å². The van der Waals surface area contributed by atoms with Gasteiger partial charge in [-0.05, 0) is 18.2 Å². The van der Waals surface area contributed by atoms with Crippen molar-refractivity contribution in [3.8, 4) is 17.4 Å². The predicted octanol–water partition coefficient (Wildman–Crippen LogP) is 2.82. The van der Waals surface area contributed by atoms with Crippen LogP contribution in [0.25, 0.3) is 11.7 Å². The van der Waals surface area contributed by atoms with Crippen molar-refractivity contribution in [1.29, 1.82) is 0 Å². The Balaban J connectivity index is 1.73. The first-order chi connectivity index (χ1) is 10.2. The van der Waals surface area contributed by atoms with E-state index < -0.39 is 4.92 Å². The molecule has 8 heteroatoms. The molecule has 0 unspecified atom stereocenters. The number of benzene rings is 1. The smallest absolute Gasteiger partial charge is 0.310 e. The van der Waals surface area contributed by atoms with Crippen LogP contribution in [0.3, 0.4) is 0 Å². The van der Waals surface area contributed by atoms with Gasteiger partial charge in [0, 0.05) is 6.07 Å². The van der Waals surface area contributed by atoms with E-state index >= 15 is 0 Å². The van der Waals surface area contributed by atoms with Crippen LogP contribution in [0.4, 0.5) is 5.69 Å². The monoisotopic (exact) mass is 287 g/mol. The molecule has 0 fully saturated rings. The number of nitrogens with zero attached hydrogens (tertiary/aromatic N) is 3. The molecule has 0 aliphatic heterocycles. The first-order valence-corrected chi connectivity index (χ1v) is 5.96. The van der Waals surface area contributed by atoms with Crippen molar-refractivity contribution in [2.24, 2.45) is 0 Å². The van der Waals surface area contributed by atoms with E-state index in [0.29, 0.717) is 5.76 Å². The lowest BCUT2D eigenvalue weighted by Crippen LogP contribution is -1.99. The molecule has 0 radical (unpaired) electrons. The highest BCUT2D eigenvalue weighted by Crippen LogP contribution is 2.27. The first kappa shape index (κ1) is 12.9. The van der Waals surface area contributed by atoms with E-state index in [1.54, 1.807) is 24.3 Å². The fraction of sp³-hybridized carbons (Fsp3) is 0.0769. The second-order valence-corrected chi connectivity index (χ2v) is 3.99. The molecule has 2 aromatic heterocycles. The molecule has 0 saturated heterocycles. The number of furan rings is 1. The summed E-state index contributed by atoms with van der Waals surface area (Å²) in [5.41, 5.74) is -0.122. The molecule has 0 amide bonds. The average Bonchev–Trinajstić information content (AvgIpc) is 3.16. The summed E-state index contributed by atoms with van der Waals surface area (Å²) >= 11 is 0. The number of hydrogen-bond donors (Lipinski definition) is 0. The normalized spacial score (nSPS) is 10.5. The highest BCUT2D eigenvalue weighted by atomic mass is 16.6. The summed E-state index contributed by atoms with van der Waals surface area (Å²) in [6, 6.07) is 9.44. The lowest BCUT2D eigenvalue weighted by molar-refractivity contribution is -0.386. The van der Waals surface area contributed by atoms with Crippen LogP contribution in [0.2, 0.25) is 0 Å². The van der Waals surface area contributed by atoms with E-state index in [9.17, 15) is 10.1 Å². The third-order valence-corrected chi connectivity index (χ3v) is 2.61. The lowest BCUT2D eigenvalue weighted by Gasteiger charge is -2.03. The van der Waals surface area contributed by atoms with Crippen molar-refractivity contribution in [1.82, 2.24) is 10.2 Å². The summed E-state index contributed by atoms with van der Waals surface area (Å²) in [5.74, 6) is 1.00. The minimum absolute atomic E-state index is 0.0709. The van der Waals surface area contributed by atoms with Gasteiger partial charge in [-0.1, -0.05) is 12.1 Å². The van der Waals surface area contributed by atoms with Gasteiger partial charge in [-0.3, -0.25) is 10.1 Å². The number of aromatic nitrogens is 2. The molecular weight excluding hydrogens is 278 g/mol. The molecule has 0 aliphatic carbocycles. The lowest BCUT2D eigenvalue weighted by atomic mass is 10.3. The molecule has 8 nitrogen and oxygen atoms in total. The van der Waals surface area contributed by atoms with Gasteiger partial charge in [0.1, 0.15) is 0 Å². The van der Waals surface area contributed by atoms with Crippen LogP contribution in [-0.4, -0.2) is 15.1 Å². The zero-order valence-electron chi connectivity index (χ0n) is 10.6. The minimum Gasteiger partial charge on any atom is -0.477 e. The molecule has 0 N–H and O–H groups in total. The van der Waals surface area contributed by atoms with Gasteiger partial charge in [-0.2, -0.15) is 0 Å². The quantitative estimate of drug-likeness (QED) is 0.524. The Hall–Kier alpha value is -3.16. The van der Waals surface area contributed by atoms with Crippen molar-refractivity contribution in [3.05, 3.63) is 58.7 Å². The minimum atomic E-state index is -0.516. The topological polar surface area (TPSA) is 104 Å². The van der Waals surface area contributed by atoms with Gasteiger partial charge in [0.15, 0.2) is 18.1 Å². The Morgan fingerprint density at radius 1 is 1.19 bits per heavy atom. The Labute approximate surface area is 118 Å². The van der Waals surface area contributed by atoms with Gasteiger partial charge in [0.2, 0.25) is 0 Å². The summed E-state index contributed by atoms with van der Waals surface area (Å²) < 4.78 is 15.8. The van der Waals surface area contributed by atoms with Crippen molar-refractivity contribution >= 4 is 5.69 Å².